The first-order chi connectivity index (χ1) is 9.56. The zero-order valence-electron chi connectivity index (χ0n) is 12.0. The molecule has 2 aromatic rings. The van der Waals surface area contributed by atoms with Crippen LogP contribution in [0.15, 0.2) is 18.2 Å². The number of fused-ring (bicyclic) bond motifs is 1. The number of carbonyl (C=O) groups excluding carboxylic acids is 1. The van der Waals surface area contributed by atoms with Gasteiger partial charge in [0.05, 0.1) is 0 Å². The van der Waals surface area contributed by atoms with E-state index < -0.39 is 0 Å². The van der Waals surface area contributed by atoms with Gasteiger partial charge >= 0.3 is 22.4 Å². The average Bonchev–Trinajstić information content (AvgIpc) is 2.44. The molecule has 0 aliphatic heterocycles. The van der Waals surface area contributed by atoms with Crippen molar-refractivity contribution >= 4 is 16.8 Å². The molecule has 0 amide bonds. The molecule has 1 N–H and O–H groups in total. The second-order valence-electron chi connectivity index (χ2n) is 4.30. The van der Waals surface area contributed by atoms with Gasteiger partial charge in [-0.15, -0.1) is 0 Å². The third-order valence-electron chi connectivity index (χ3n) is 3.17. The molecule has 0 atom stereocenters. The number of ketones is 1. The topological polar surface area (TPSA) is 63.5 Å². The van der Waals surface area contributed by atoms with E-state index in [0.717, 1.165) is 0 Å². The van der Waals surface area contributed by atoms with Gasteiger partial charge in [-0.3, -0.25) is 14.5 Å². The third-order valence-corrected chi connectivity index (χ3v) is 3.17. The van der Waals surface area contributed by atoms with E-state index >= 15 is 0 Å². The quantitative estimate of drug-likeness (QED) is 0.632. The molecule has 0 bridgehead atoms. The van der Waals surface area contributed by atoms with Gasteiger partial charge in [0.15, 0.2) is 0 Å². The minimum atomic E-state index is -0.139. The van der Waals surface area contributed by atoms with Crippen molar-refractivity contribution in [1.82, 2.24) is 0 Å². The molecular formula is C14H18N2O4+2. The number of benzene rings is 1. The molecule has 20 heavy (non-hydrogen) atoms. The summed E-state index contributed by atoms with van der Waals surface area (Å²) in [6.45, 7) is 3.38. The van der Waals surface area contributed by atoms with E-state index in [0.29, 0.717) is 28.8 Å². The molecule has 1 heterocycles. The largest absolute Gasteiger partial charge is 0.502 e. The Kier molecular flexibility index (Phi) is 3.74. The Morgan fingerprint density at radius 3 is 2.40 bits per heavy atom. The van der Waals surface area contributed by atoms with Crippen molar-refractivity contribution < 1.29 is 29.0 Å². The number of nitrogens with zero attached hydrogens (tertiary/aromatic N) is 2. The highest BCUT2D eigenvalue weighted by molar-refractivity contribution is 5.92. The van der Waals surface area contributed by atoms with Crippen LogP contribution in [0.5, 0.6) is 5.75 Å². The van der Waals surface area contributed by atoms with E-state index in [2.05, 4.69) is 0 Å². The molecule has 0 fully saturated rings. The van der Waals surface area contributed by atoms with E-state index in [4.69, 9.17) is 9.68 Å². The number of carbonyl (C=O) groups is 1. The van der Waals surface area contributed by atoms with Crippen LogP contribution in [0.25, 0.3) is 11.0 Å². The SMILES string of the molecule is CCc1c(C(C)=O)[n+](OC)c2cccc(O)c2[n+]1OC. The summed E-state index contributed by atoms with van der Waals surface area (Å²) in [7, 11) is 2.97. The molecule has 1 aromatic carbocycles. The summed E-state index contributed by atoms with van der Waals surface area (Å²) in [5.41, 5.74) is 2.04. The fourth-order valence-electron chi connectivity index (χ4n) is 2.41. The number of Topliss-reactive ketones (excluding diaryl/α,β-unsaturated/α-hetero) is 1. The molecule has 6 nitrogen and oxygen atoms in total. The van der Waals surface area contributed by atoms with Crippen molar-refractivity contribution in [2.24, 2.45) is 0 Å². The summed E-state index contributed by atoms with van der Waals surface area (Å²) in [5, 5.41) is 10.1. The number of aromatic nitrogens is 2. The van der Waals surface area contributed by atoms with Crippen molar-refractivity contribution in [2.45, 2.75) is 20.3 Å². The molecule has 106 valence electrons. The van der Waals surface area contributed by atoms with Crippen LogP contribution in [0.2, 0.25) is 0 Å². The number of hydrogen-bond acceptors (Lipinski definition) is 4. The van der Waals surface area contributed by atoms with Gasteiger partial charge in [-0.2, -0.15) is 0 Å². The summed E-state index contributed by atoms with van der Waals surface area (Å²) in [6.07, 6.45) is 0.552. The van der Waals surface area contributed by atoms with E-state index in [1.165, 1.54) is 30.6 Å². The van der Waals surface area contributed by atoms with Crippen LogP contribution in [0, 0.1) is 0 Å². The minimum Gasteiger partial charge on any atom is -0.502 e. The van der Waals surface area contributed by atoms with Crippen LogP contribution >= 0.6 is 0 Å². The van der Waals surface area contributed by atoms with Crippen molar-refractivity contribution in [3.63, 3.8) is 0 Å². The minimum absolute atomic E-state index is 0.0555. The zero-order chi connectivity index (χ0) is 14.9. The Balaban J connectivity index is 3.09. The maximum Gasteiger partial charge on any atom is 0.374 e. The van der Waals surface area contributed by atoms with Crippen molar-refractivity contribution in [1.29, 1.82) is 0 Å². The monoisotopic (exact) mass is 278 g/mol. The fourth-order valence-corrected chi connectivity index (χ4v) is 2.41. The van der Waals surface area contributed by atoms with Gasteiger partial charge in [-0.1, -0.05) is 13.0 Å². The predicted octanol–water partition coefficient (Wildman–Crippen LogP) is 0.00220. The second kappa shape index (κ2) is 5.32. The zero-order valence-corrected chi connectivity index (χ0v) is 12.0. The summed E-state index contributed by atoms with van der Waals surface area (Å²) < 4.78 is 2.89. The van der Waals surface area contributed by atoms with Crippen LogP contribution in [0.3, 0.4) is 0 Å². The lowest BCUT2D eigenvalue weighted by Crippen LogP contribution is -2.57. The average molecular weight is 278 g/mol. The van der Waals surface area contributed by atoms with Crippen molar-refractivity contribution in [2.75, 3.05) is 14.2 Å². The summed E-state index contributed by atoms with van der Waals surface area (Å²) >= 11 is 0. The smallest absolute Gasteiger partial charge is 0.374 e. The van der Waals surface area contributed by atoms with Crippen LogP contribution in [0.1, 0.15) is 30.0 Å². The number of phenols is 1. The fraction of sp³-hybridized carbons (Fsp3) is 0.357. The van der Waals surface area contributed by atoms with Gasteiger partial charge < -0.3 is 5.11 Å². The van der Waals surface area contributed by atoms with E-state index in [1.54, 1.807) is 18.2 Å². The molecule has 0 spiro atoms. The molecule has 0 aliphatic carbocycles. The molecule has 0 radical (unpaired) electrons. The van der Waals surface area contributed by atoms with Gasteiger partial charge in [0.2, 0.25) is 11.5 Å². The molecule has 0 saturated carbocycles. The molecule has 0 unspecified atom stereocenters. The van der Waals surface area contributed by atoms with E-state index in [-0.39, 0.29) is 11.5 Å². The van der Waals surface area contributed by atoms with Gasteiger partial charge in [-0.25, -0.2) is 0 Å². The lowest BCUT2D eigenvalue weighted by Gasteiger charge is -2.05. The number of hydrogen-bond donors (Lipinski definition) is 1. The van der Waals surface area contributed by atoms with Gasteiger partial charge in [0, 0.05) is 28.9 Å². The normalized spacial score (nSPS) is 10.6. The molecule has 0 aliphatic rings. The Morgan fingerprint density at radius 2 is 1.90 bits per heavy atom. The van der Waals surface area contributed by atoms with Crippen LogP contribution < -0.4 is 19.1 Å². The lowest BCUT2D eigenvalue weighted by atomic mass is 10.1. The molecule has 6 heteroatoms. The van der Waals surface area contributed by atoms with E-state index in [9.17, 15) is 9.90 Å². The van der Waals surface area contributed by atoms with Crippen LogP contribution in [-0.2, 0) is 6.42 Å². The first-order valence-electron chi connectivity index (χ1n) is 6.31. The van der Waals surface area contributed by atoms with Crippen molar-refractivity contribution in [3.8, 4) is 5.75 Å². The number of rotatable bonds is 4. The van der Waals surface area contributed by atoms with Crippen LogP contribution in [0.4, 0.5) is 0 Å². The van der Waals surface area contributed by atoms with Gasteiger partial charge in [-0.05, 0) is 6.07 Å². The standard InChI is InChI=1S/C14H17N2O4/c1-5-10-13(9(2)17)16(20-4)11-7-6-8-12(18)14(11)15(10)19-3/h6-8H,5H2,1-4H3/q+1/p+1. The Morgan fingerprint density at radius 1 is 1.25 bits per heavy atom. The number of para-hydroxylation sites is 1. The molecular weight excluding hydrogens is 260 g/mol. The number of phenolic OH excluding ortho intramolecular Hbond substituents is 1. The first kappa shape index (κ1) is 14.0. The van der Waals surface area contributed by atoms with E-state index in [1.807, 2.05) is 6.92 Å². The highest BCUT2D eigenvalue weighted by atomic mass is 16.7. The molecule has 0 saturated heterocycles. The van der Waals surface area contributed by atoms with Gasteiger partial charge in [0.1, 0.15) is 14.2 Å². The highest BCUT2D eigenvalue weighted by Crippen LogP contribution is 2.19. The number of aromatic hydroxyl groups is 1. The Labute approximate surface area is 116 Å². The first-order valence-corrected chi connectivity index (χ1v) is 6.31. The Bertz CT molecular complexity index is 683. The van der Waals surface area contributed by atoms with Gasteiger partial charge in [0.25, 0.3) is 0 Å². The highest BCUT2D eigenvalue weighted by Gasteiger charge is 2.39. The van der Waals surface area contributed by atoms with Crippen LogP contribution in [-0.4, -0.2) is 25.1 Å². The molecule has 2 rings (SSSR count). The van der Waals surface area contributed by atoms with Crippen molar-refractivity contribution in [3.05, 3.63) is 29.6 Å². The third kappa shape index (κ3) is 1.93. The Hall–Kier alpha value is -2.37. The lowest BCUT2D eigenvalue weighted by molar-refractivity contribution is -0.906. The molecule has 1 aromatic heterocycles. The maximum absolute atomic E-state index is 12.0. The summed E-state index contributed by atoms with van der Waals surface area (Å²) in [4.78, 5) is 22.7. The summed E-state index contributed by atoms with van der Waals surface area (Å²) in [5.74, 6) is -0.0836. The predicted molar refractivity (Wildman–Crippen MR) is 70.4 cm³/mol. The summed E-state index contributed by atoms with van der Waals surface area (Å²) in [6, 6.07) is 4.99. The maximum atomic E-state index is 12.0. The second-order valence-corrected chi connectivity index (χ2v) is 4.30.